The van der Waals surface area contributed by atoms with Gasteiger partial charge >= 0.3 is 0 Å². The van der Waals surface area contributed by atoms with E-state index in [-0.39, 0.29) is 23.9 Å². The molecule has 0 spiro atoms. The lowest BCUT2D eigenvalue weighted by molar-refractivity contribution is -0.117. The predicted octanol–water partition coefficient (Wildman–Crippen LogP) is 4.08. The molecule has 1 aromatic heterocycles. The van der Waals surface area contributed by atoms with Crippen molar-refractivity contribution in [2.75, 3.05) is 16.8 Å². The largest absolute Gasteiger partial charge is 0.319 e. The van der Waals surface area contributed by atoms with Gasteiger partial charge in [0.15, 0.2) is 5.69 Å². The van der Waals surface area contributed by atoms with Gasteiger partial charge in [-0.15, -0.1) is 0 Å². The zero-order valence-electron chi connectivity index (χ0n) is 17.8. The minimum atomic E-state index is -0.255. The van der Waals surface area contributed by atoms with E-state index in [0.717, 1.165) is 12.8 Å². The van der Waals surface area contributed by atoms with Crippen LogP contribution in [-0.2, 0) is 11.3 Å². The lowest BCUT2D eigenvalue weighted by atomic mass is 9.96. The molecule has 1 aliphatic rings. The van der Waals surface area contributed by atoms with Crippen LogP contribution in [0.5, 0.6) is 0 Å². The van der Waals surface area contributed by atoms with E-state index in [1.807, 2.05) is 31.2 Å². The molecule has 2 amide bonds. The molecule has 29 heavy (non-hydrogen) atoms. The number of unbranched alkanes of at least 4 members (excludes halogenated alkanes) is 2. The monoisotopic (exact) mass is 397 g/mol. The first-order valence-electron chi connectivity index (χ1n) is 10.4. The number of benzene rings is 1. The molecule has 0 radical (unpaired) electrons. The average molecular weight is 398 g/mol. The molecular weight excluding hydrogens is 366 g/mol. The Hall–Kier alpha value is -2.67. The summed E-state index contributed by atoms with van der Waals surface area (Å²) in [5.74, 6) is -0.371. The maximum absolute atomic E-state index is 13.3. The van der Waals surface area contributed by atoms with Crippen LogP contribution >= 0.6 is 0 Å². The van der Waals surface area contributed by atoms with Crippen molar-refractivity contribution in [2.45, 2.75) is 65.5 Å². The van der Waals surface area contributed by atoms with Crippen LogP contribution in [0, 0.1) is 0 Å². The maximum atomic E-state index is 13.3. The van der Waals surface area contributed by atoms with Gasteiger partial charge in [-0.25, -0.2) is 0 Å². The van der Waals surface area contributed by atoms with Gasteiger partial charge in [0.05, 0.1) is 24.1 Å². The zero-order chi connectivity index (χ0) is 21.0. The summed E-state index contributed by atoms with van der Waals surface area (Å²) in [6.07, 6.45) is 6.09. The lowest BCUT2D eigenvalue weighted by Gasteiger charge is -2.28. The van der Waals surface area contributed by atoms with E-state index in [1.165, 1.54) is 12.8 Å². The molecule has 1 aromatic carbocycles. The summed E-state index contributed by atoms with van der Waals surface area (Å²) >= 11 is 0. The van der Waals surface area contributed by atoms with E-state index in [4.69, 9.17) is 0 Å². The molecule has 0 fully saturated rings. The number of rotatable bonds is 8. The molecule has 1 aliphatic heterocycles. The number of para-hydroxylation sites is 2. The standard InChI is InChI=1S/C22H31N5O2/c1-5-7-10-13-22(3,4)23-15-19(28)27-17-12-9-8-11-16(17)25-21(29)20-18(27)14-24-26(20)6-2/h8-9,11-12,14,23H,5-7,10,13,15H2,1-4H3,(H,25,29). The fraction of sp³-hybridized carbons (Fsp3) is 0.500. The number of aryl methyl sites for hydroxylation is 1. The van der Waals surface area contributed by atoms with Crippen molar-refractivity contribution in [1.29, 1.82) is 0 Å². The fourth-order valence-electron chi connectivity index (χ4n) is 3.67. The molecule has 0 aliphatic carbocycles. The van der Waals surface area contributed by atoms with Crippen LogP contribution in [0.1, 0.15) is 63.9 Å². The molecule has 7 nitrogen and oxygen atoms in total. The zero-order valence-corrected chi connectivity index (χ0v) is 17.8. The highest BCUT2D eigenvalue weighted by molar-refractivity contribution is 6.17. The van der Waals surface area contributed by atoms with E-state index < -0.39 is 0 Å². The highest BCUT2D eigenvalue weighted by atomic mass is 16.2. The maximum Gasteiger partial charge on any atom is 0.276 e. The van der Waals surface area contributed by atoms with Crippen molar-refractivity contribution in [1.82, 2.24) is 15.1 Å². The number of nitrogens with one attached hydrogen (secondary N) is 2. The molecule has 2 N–H and O–H groups in total. The average Bonchev–Trinajstić information content (AvgIpc) is 3.07. The van der Waals surface area contributed by atoms with Gasteiger partial charge in [-0.1, -0.05) is 38.3 Å². The first-order valence-corrected chi connectivity index (χ1v) is 10.4. The third-order valence-electron chi connectivity index (χ3n) is 5.34. The number of hydrogen-bond acceptors (Lipinski definition) is 4. The first kappa shape index (κ1) is 21.0. The van der Waals surface area contributed by atoms with Gasteiger partial charge in [0, 0.05) is 12.1 Å². The Bertz CT molecular complexity index is 887. The van der Waals surface area contributed by atoms with Crippen molar-refractivity contribution in [3.05, 3.63) is 36.2 Å². The Morgan fingerprint density at radius 2 is 1.93 bits per heavy atom. The number of carbonyl (C=O) groups excluding carboxylic acids is 2. The molecule has 0 bridgehead atoms. The predicted molar refractivity (Wildman–Crippen MR) is 116 cm³/mol. The normalized spacial score (nSPS) is 13.5. The van der Waals surface area contributed by atoms with Crippen LogP contribution in [0.15, 0.2) is 30.5 Å². The van der Waals surface area contributed by atoms with Crippen molar-refractivity contribution in [2.24, 2.45) is 0 Å². The van der Waals surface area contributed by atoms with Crippen LogP contribution in [0.4, 0.5) is 17.1 Å². The Morgan fingerprint density at radius 3 is 2.66 bits per heavy atom. The van der Waals surface area contributed by atoms with Gasteiger partial charge in [0.1, 0.15) is 5.69 Å². The van der Waals surface area contributed by atoms with Crippen LogP contribution in [0.25, 0.3) is 0 Å². The number of amides is 2. The summed E-state index contributed by atoms with van der Waals surface area (Å²) in [4.78, 5) is 27.8. The number of hydrogen-bond donors (Lipinski definition) is 2. The molecule has 0 saturated heterocycles. The van der Waals surface area contributed by atoms with E-state index in [1.54, 1.807) is 15.8 Å². The van der Waals surface area contributed by atoms with Gasteiger partial charge in [0.25, 0.3) is 5.91 Å². The van der Waals surface area contributed by atoms with Gasteiger partial charge in [-0.05, 0) is 39.3 Å². The Kier molecular flexibility index (Phi) is 6.37. The summed E-state index contributed by atoms with van der Waals surface area (Å²) in [5.41, 5.74) is 2.06. The Labute approximate surface area is 172 Å². The van der Waals surface area contributed by atoms with E-state index in [2.05, 4.69) is 36.5 Å². The fourth-order valence-corrected chi connectivity index (χ4v) is 3.67. The third-order valence-corrected chi connectivity index (χ3v) is 5.34. The summed E-state index contributed by atoms with van der Waals surface area (Å²) in [5, 5.41) is 10.6. The highest BCUT2D eigenvalue weighted by Gasteiger charge is 2.33. The number of fused-ring (bicyclic) bond motifs is 2. The molecule has 0 atom stereocenters. The smallest absolute Gasteiger partial charge is 0.276 e. The van der Waals surface area contributed by atoms with Gasteiger partial charge in [-0.3, -0.25) is 19.2 Å². The number of anilines is 3. The van der Waals surface area contributed by atoms with Gasteiger partial charge < -0.3 is 10.6 Å². The van der Waals surface area contributed by atoms with Crippen LogP contribution in [0.2, 0.25) is 0 Å². The topological polar surface area (TPSA) is 79.3 Å². The molecule has 2 aromatic rings. The minimum Gasteiger partial charge on any atom is -0.319 e. The van der Waals surface area contributed by atoms with Crippen LogP contribution in [-0.4, -0.2) is 33.7 Å². The van der Waals surface area contributed by atoms with Gasteiger partial charge in [0.2, 0.25) is 5.91 Å². The molecule has 0 saturated carbocycles. The second-order valence-corrected chi connectivity index (χ2v) is 8.09. The Morgan fingerprint density at radius 1 is 1.17 bits per heavy atom. The van der Waals surface area contributed by atoms with E-state index in [9.17, 15) is 9.59 Å². The second kappa shape index (κ2) is 8.78. The minimum absolute atomic E-state index is 0.116. The van der Waals surface area contributed by atoms with Crippen molar-refractivity contribution < 1.29 is 9.59 Å². The number of carbonyl (C=O) groups is 2. The van der Waals surface area contributed by atoms with E-state index in [0.29, 0.717) is 29.3 Å². The van der Waals surface area contributed by atoms with Crippen molar-refractivity contribution >= 4 is 28.9 Å². The summed E-state index contributed by atoms with van der Waals surface area (Å²) in [7, 11) is 0. The summed E-state index contributed by atoms with van der Waals surface area (Å²) < 4.78 is 1.62. The SMILES string of the molecule is CCCCCC(C)(C)NCC(=O)N1c2ccccc2NC(=O)c2c1cnn2CC. The number of nitrogens with zero attached hydrogens (tertiary/aromatic N) is 3. The molecular formula is C22H31N5O2. The quantitative estimate of drug-likeness (QED) is 0.658. The van der Waals surface area contributed by atoms with Gasteiger partial charge in [-0.2, -0.15) is 5.10 Å². The summed E-state index contributed by atoms with van der Waals surface area (Å²) in [6, 6.07) is 7.37. The van der Waals surface area contributed by atoms with Crippen LogP contribution < -0.4 is 15.5 Å². The van der Waals surface area contributed by atoms with Crippen molar-refractivity contribution in [3.63, 3.8) is 0 Å². The van der Waals surface area contributed by atoms with Crippen LogP contribution in [0.3, 0.4) is 0 Å². The molecule has 7 heteroatoms. The molecule has 2 heterocycles. The Balaban J connectivity index is 1.89. The molecule has 156 valence electrons. The second-order valence-electron chi connectivity index (χ2n) is 8.09. The number of aromatic nitrogens is 2. The first-order chi connectivity index (χ1) is 13.9. The summed E-state index contributed by atoms with van der Waals surface area (Å²) in [6.45, 7) is 9.08. The third kappa shape index (κ3) is 4.50. The molecule has 0 unspecified atom stereocenters. The highest BCUT2D eigenvalue weighted by Crippen LogP contribution is 2.37. The van der Waals surface area contributed by atoms with Crippen molar-refractivity contribution in [3.8, 4) is 0 Å². The van der Waals surface area contributed by atoms with E-state index >= 15 is 0 Å². The molecule has 3 rings (SSSR count). The lowest BCUT2D eigenvalue weighted by Crippen LogP contribution is -2.45.